The number of benzene rings is 1. The van der Waals surface area contributed by atoms with Crippen molar-refractivity contribution in [3.8, 4) is 0 Å². The van der Waals surface area contributed by atoms with Crippen LogP contribution in [0.3, 0.4) is 0 Å². The van der Waals surface area contributed by atoms with Gasteiger partial charge in [-0.3, -0.25) is 4.79 Å². The molecule has 9 heteroatoms. The first kappa shape index (κ1) is 23.1. The maximum atomic E-state index is 13.9. The van der Waals surface area contributed by atoms with Gasteiger partial charge in [0.25, 0.3) is 0 Å². The maximum absolute atomic E-state index is 13.9. The van der Waals surface area contributed by atoms with Gasteiger partial charge in [-0.25, -0.2) is 12.8 Å². The van der Waals surface area contributed by atoms with Gasteiger partial charge in [0.15, 0.2) is 0 Å². The lowest BCUT2D eigenvalue weighted by Gasteiger charge is -2.37. The molecule has 0 aromatic heterocycles. The number of sulfonamides is 1. The highest BCUT2D eigenvalue weighted by Gasteiger charge is 2.35. The number of carbonyl (C=O) groups excluding carboxylic acids is 1. The Bertz CT molecular complexity index is 767. The Morgan fingerprint density at radius 2 is 1.86 bits per heavy atom. The summed E-state index contributed by atoms with van der Waals surface area (Å²) >= 11 is 0. The number of amides is 1. The van der Waals surface area contributed by atoms with Crippen LogP contribution in [-0.4, -0.2) is 63.3 Å². The first-order chi connectivity index (χ1) is 12.9. The van der Waals surface area contributed by atoms with E-state index in [1.54, 1.807) is 0 Å². The molecule has 2 aliphatic rings. The van der Waals surface area contributed by atoms with E-state index < -0.39 is 15.8 Å². The minimum Gasteiger partial charge on any atom is -0.342 e. The van der Waals surface area contributed by atoms with Gasteiger partial charge in [0, 0.05) is 32.1 Å². The lowest BCUT2D eigenvalue weighted by atomic mass is 9.93. The number of nitrogens with one attached hydrogen (secondary N) is 1. The van der Waals surface area contributed by atoms with Crippen molar-refractivity contribution in [2.75, 3.05) is 39.8 Å². The SMILES string of the molecule is CNCC1CCCN(C(=O)C2CCN(S(=O)(=O)c3ccccc3F)CC2)C1.Cl. The molecule has 1 amide bonds. The topological polar surface area (TPSA) is 69.7 Å². The summed E-state index contributed by atoms with van der Waals surface area (Å²) in [6, 6.07) is 5.43. The van der Waals surface area contributed by atoms with Gasteiger partial charge in [-0.1, -0.05) is 12.1 Å². The highest BCUT2D eigenvalue weighted by molar-refractivity contribution is 7.89. The fourth-order valence-corrected chi connectivity index (χ4v) is 5.65. The van der Waals surface area contributed by atoms with E-state index in [0.717, 1.165) is 38.5 Å². The second kappa shape index (κ2) is 10.0. The summed E-state index contributed by atoms with van der Waals surface area (Å²) in [5.74, 6) is -0.266. The Morgan fingerprint density at radius 3 is 2.50 bits per heavy atom. The van der Waals surface area contributed by atoms with Gasteiger partial charge in [0.05, 0.1) is 0 Å². The van der Waals surface area contributed by atoms with Crippen molar-refractivity contribution in [2.45, 2.75) is 30.6 Å². The van der Waals surface area contributed by atoms with Crippen molar-refractivity contribution < 1.29 is 17.6 Å². The molecule has 6 nitrogen and oxygen atoms in total. The third-order valence-electron chi connectivity index (χ3n) is 5.58. The summed E-state index contributed by atoms with van der Waals surface area (Å²) in [6.45, 7) is 2.96. The van der Waals surface area contributed by atoms with Crippen LogP contribution in [0, 0.1) is 17.7 Å². The van der Waals surface area contributed by atoms with Crippen molar-refractivity contribution in [1.29, 1.82) is 0 Å². The van der Waals surface area contributed by atoms with Gasteiger partial charge in [0.1, 0.15) is 10.7 Å². The monoisotopic (exact) mass is 433 g/mol. The van der Waals surface area contributed by atoms with Crippen molar-refractivity contribution in [3.05, 3.63) is 30.1 Å². The largest absolute Gasteiger partial charge is 0.342 e. The molecule has 1 aromatic rings. The number of halogens is 2. The molecule has 158 valence electrons. The molecule has 0 bridgehead atoms. The van der Waals surface area contributed by atoms with Crippen molar-refractivity contribution in [1.82, 2.24) is 14.5 Å². The van der Waals surface area contributed by atoms with E-state index >= 15 is 0 Å². The van der Waals surface area contributed by atoms with Gasteiger partial charge >= 0.3 is 0 Å². The molecule has 0 spiro atoms. The van der Waals surface area contributed by atoms with Crippen LogP contribution in [0.2, 0.25) is 0 Å². The minimum absolute atomic E-state index is 0. The zero-order chi connectivity index (χ0) is 19.4. The zero-order valence-corrected chi connectivity index (χ0v) is 17.8. The number of carbonyl (C=O) groups is 1. The number of hydrogen-bond donors (Lipinski definition) is 1. The van der Waals surface area contributed by atoms with E-state index in [2.05, 4.69) is 5.32 Å². The number of hydrogen-bond acceptors (Lipinski definition) is 4. The Kier molecular flexibility index (Phi) is 8.24. The van der Waals surface area contributed by atoms with Crippen LogP contribution in [0.4, 0.5) is 4.39 Å². The number of nitrogens with zero attached hydrogens (tertiary/aromatic N) is 2. The second-order valence-corrected chi connectivity index (χ2v) is 9.37. The smallest absolute Gasteiger partial charge is 0.245 e. The van der Waals surface area contributed by atoms with Gasteiger partial charge in [-0.15, -0.1) is 12.4 Å². The number of rotatable bonds is 5. The van der Waals surface area contributed by atoms with Crippen LogP contribution in [0.1, 0.15) is 25.7 Å². The predicted octanol–water partition coefficient (Wildman–Crippen LogP) is 2.11. The molecule has 1 atom stereocenters. The van der Waals surface area contributed by atoms with Crippen LogP contribution in [0.15, 0.2) is 29.2 Å². The van der Waals surface area contributed by atoms with Crippen LogP contribution in [0.5, 0.6) is 0 Å². The average molecular weight is 434 g/mol. The maximum Gasteiger partial charge on any atom is 0.245 e. The third-order valence-corrected chi connectivity index (χ3v) is 7.51. The standard InChI is InChI=1S/C19H28FN3O3S.ClH/c1-21-13-15-5-4-10-22(14-15)19(24)16-8-11-23(12-9-16)27(25,26)18-7-3-2-6-17(18)20;/h2-3,6-7,15-16,21H,4-5,8-14H2,1H3;1H. The van der Waals surface area contributed by atoms with Crippen molar-refractivity contribution in [3.63, 3.8) is 0 Å². The molecular weight excluding hydrogens is 405 g/mol. The average Bonchev–Trinajstić information content (AvgIpc) is 2.68. The Balaban J connectivity index is 0.00000280. The van der Waals surface area contributed by atoms with Crippen molar-refractivity contribution >= 4 is 28.3 Å². The molecular formula is C19H29ClFN3O3S. The fourth-order valence-electron chi connectivity index (χ4n) is 4.11. The van der Waals surface area contributed by atoms with Crippen LogP contribution < -0.4 is 5.32 Å². The van der Waals surface area contributed by atoms with Crippen LogP contribution >= 0.6 is 12.4 Å². The lowest BCUT2D eigenvalue weighted by molar-refractivity contribution is -0.138. The van der Waals surface area contributed by atoms with Crippen LogP contribution in [0.25, 0.3) is 0 Å². The second-order valence-electron chi connectivity index (χ2n) is 7.46. The summed E-state index contributed by atoms with van der Waals surface area (Å²) in [5, 5.41) is 3.18. The third kappa shape index (κ3) is 5.03. The summed E-state index contributed by atoms with van der Waals surface area (Å²) in [5.41, 5.74) is 0. The molecule has 2 aliphatic heterocycles. The summed E-state index contributed by atoms with van der Waals surface area (Å²) in [6.07, 6.45) is 3.11. The van der Waals surface area contributed by atoms with E-state index in [4.69, 9.17) is 0 Å². The fraction of sp³-hybridized carbons (Fsp3) is 0.632. The molecule has 1 aromatic carbocycles. The molecule has 0 saturated carbocycles. The van der Waals surface area contributed by atoms with Gasteiger partial charge in [-0.05, 0) is 57.3 Å². The van der Waals surface area contributed by atoms with Gasteiger partial charge in [0.2, 0.25) is 15.9 Å². The first-order valence-electron chi connectivity index (χ1n) is 9.61. The molecule has 28 heavy (non-hydrogen) atoms. The minimum atomic E-state index is -3.86. The molecule has 2 heterocycles. The Morgan fingerprint density at radius 1 is 1.18 bits per heavy atom. The van der Waals surface area contributed by atoms with E-state index in [1.807, 2.05) is 11.9 Å². The van der Waals surface area contributed by atoms with Gasteiger partial charge < -0.3 is 10.2 Å². The van der Waals surface area contributed by atoms with E-state index in [1.165, 1.54) is 22.5 Å². The summed E-state index contributed by atoms with van der Waals surface area (Å²) in [4.78, 5) is 14.5. The Labute approximate surface area is 172 Å². The van der Waals surface area contributed by atoms with E-state index in [0.29, 0.717) is 18.8 Å². The molecule has 0 aliphatic carbocycles. The van der Waals surface area contributed by atoms with Crippen LogP contribution in [-0.2, 0) is 14.8 Å². The number of piperidine rings is 2. The van der Waals surface area contributed by atoms with E-state index in [-0.39, 0.29) is 42.2 Å². The molecule has 2 saturated heterocycles. The zero-order valence-electron chi connectivity index (χ0n) is 16.1. The van der Waals surface area contributed by atoms with E-state index in [9.17, 15) is 17.6 Å². The molecule has 1 unspecified atom stereocenters. The summed E-state index contributed by atoms with van der Waals surface area (Å²) < 4.78 is 40.6. The summed E-state index contributed by atoms with van der Waals surface area (Å²) in [7, 11) is -1.93. The molecule has 3 rings (SSSR count). The highest BCUT2D eigenvalue weighted by Crippen LogP contribution is 2.27. The lowest BCUT2D eigenvalue weighted by Crippen LogP contribution is -2.48. The Hall–Kier alpha value is -1.22. The van der Waals surface area contributed by atoms with Gasteiger partial charge in [-0.2, -0.15) is 4.31 Å². The molecule has 2 fully saturated rings. The highest BCUT2D eigenvalue weighted by atomic mass is 35.5. The number of likely N-dealkylation sites (tertiary alicyclic amines) is 1. The normalized spacial score (nSPS) is 21.9. The first-order valence-corrected chi connectivity index (χ1v) is 11.1. The van der Waals surface area contributed by atoms with Crippen molar-refractivity contribution in [2.24, 2.45) is 11.8 Å². The quantitative estimate of drug-likeness (QED) is 0.772. The molecule has 0 radical (unpaired) electrons. The predicted molar refractivity (Wildman–Crippen MR) is 108 cm³/mol. The molecule has 1 N–H and O–H groups in total.